The Morgan fingerprint density at radius 2 is 2.17 bits per heavy atom. The Morgan fingerprint density at radius 1 is 1.39 bits per heavy atom. The van der Waals surface area contributed by atoms with E-state index in [0.717, 1.165) is 16.5 Å². The zero-order valence-electron chi connectivity index (χ0n) is 9.90. The molecule has 0 radical (unpaired) electrons. The van der Waals surface area contributed by atoms with Crippen molar-refractivity contribution < 1.29 is 19.4 Å². The Labute approximate surface area is 103 Å². The predicted octanol–water partition coefficient (Wildman–Crippen LogP) is 1.97. The van der Waals surface area contributed by atoms with Gasteiger partial charge in [0.1, 0.15) is 0 Å². The molecule has 2 N–H and O–H groups in total. The highest BCUT2D eigenvalue weighted by atomic mass is 16.5. The molecule has 0 unspecified atom stereocenters. The number of aliphatic carboxylic acids is 1. The van der Waals surface area contributed by atoms with Gasteiger partial charge in [-0.05, 0) is 24.1 Å². The van der Waals surface area contributed by atoms with Crippen LogP contribution in [0.3, 0.4) is 0 Å². The second-order valence-electron chi connectivity index (χ2n) is 3.96. The molecular weight excluding hydrogens is 234 g/mol. The summed E-state index contributed by atoms with van der Waals surface area (Å²) in [5.41, 5.74) is 2.21. The molecule has 5 heteroatoms. The minimum atomic E-state index is -0.824. The fourth-order valence-electron chi connectivity index (χ4n) is 1.88. The number of methoxy groups -OCH3 is 1. The van der Waals surface area contributed by atoms with Gasteiger partial charge in [-0.2, -0.15) is 0 Å². The third-order valence-electron chi connectivity index (χ3n) is 2.80. The summed E-state index contributed by atoms with van der Waals surface area (Å²) in [6.07, 6.45) is 2.33. The van der Waals surface area contributed by atoms with Gasteiger partial charge in [0.15, 0.2) is 0 Å². The summed E-state index contributed by atoms with van der Waals surface area (Å²) in [6.45, 7) is 0. The molecule has 5 nitrogen and oxygen atoms in total. The number of aromatic nitrogens is 1. The maximum Gasteiger partial charge on any atom is 0.337 e. The van der Waals surface area contributed by atoms with E-state index in [1.54, 1.807) is 24.4 Å². The zero-order chi connectivity index (χ0) is 13.1. The number of nitrogens with one attached hydrogen (secondary N) is 1. The zero-order valence-corrected chi connectivity index (χ0v) is 9.90. The van der Waals surface area contributed by atoms with Gasteiger partial charge in [0.05, 0.1) is 12.7 Å². The number of aryl methyl sites for hydroxylation is 1. The Kier molecular flexibility index (Phi) is 3.32. The summed E-state index contributed by atoms with van der Waals surface area (Å²) in [4.78, 5) is 24.9. The van der Waals surface area contributed by atoms with E-state index < -0.39 is 11.9 Å². The molecule has 1 aromatic carbocycles. The minimum Gasteiger partial charge on any atom is -0.481 e. The molecule has 2 aromatic rings. The van der Waals surface area contributed by atoms with E-state index in [0.29, 0.717) is 12.0 Å². The van der Waals surface area contributed by atoms with Crippen LogP contribution in [0.5, 0.6) is 0 Å². The number of carboxylic acid groups (broad SMARTS) is 1. The molecule has 0 atom stereocenters. The number of ether oxygens (including phenoxy) is 1. The predicted molar refractivity (Wildman–Crippen MR) is 65.6 cm³/mol. The Morgan fingerprint density at radius 3 is 2.83 bits per heavy atom. The van der Waals surface area contributed by atoms with Gasteiger partial charge in [-0.3, -0.25) is 4.79 Å². The second-order valence-corrected chi connectivity index (χ2v) is 3.96. The van der Waals surface area contributed by atoms with Crippen molar-refractivity contribution in [2.75, 3.05) is 7.11 Å². The molecule has 18 heavy (non-hydrogen) atoms. The lowest BCUT2D eigenvalue weighted by molar-refractivity contribution is -0.136. The van der Waals surface area contributed by atoms with Crippen LogP contribution >= 0.6 is 0 Å². The molecule has 1 heterocycles. The van der Waals surface area contributed by atoms with Gasteiger partial charge in [-0.15, -0.1) is 0 Å². The monoisotopic (exact) mass is 247 g/mol. The van der Waals surface area contributed by atoms with Crippen LogP contribution in [0.2, 0.25) is 0 Å². The second kappa shape index (κ2) is 4.91. The maximum atomic E-state index is 11.4. The lowest BCUT2D eigenvalue weighted by Gasteiger charge is -2.00. The fraction of sp³-hybridized carbons (Fsp3) is 0.231. The quantitative estimate of drug-likeness (QED) is 0.809. The summed E-state index contributed by atoms with van der Waals surface area (Å²) >= 11 is 0. The third-order valence-corrected chi connectivity index (χ3v) is 2.80. The van der Waals surface area contributed by atoms with E-state index in [4.69, 9.17) is 5.11 Å². The van der Waals surface area contributed by atoms with Crippen LogP contribution < -0.4 is 0 Å². The first-order valence-corrected chi connectivity index (χ1v) is 5.52. The lowest BCUT2D eigenvalue weighted by Crippen LogP contribution is -2.00. The first-order valence-electron chi connectivity index (χ1n) is 5.52. The molecule has 1 aromatic heterocycles. The number of H-pyrrole nitrogens is 1. The molecule has 2 rings (SSSR count). The van der Waals surface area contributed by atoms with Crippen LogP contribution in [0.4, 0.5) is 0 Å². The highest BCUT2D eigenvalue weighted by Crippen LogP contribution is 2.21. The third kappa shape index (κ3) is 2.34. The van der Waals surface area contributed by atoms with Gasteiger partial charge < -0.3 is 14.8 Å². The van der Waals surface area contributed by atoms with Gasteiger partial charge in [-0.1, -0.05) is 6.07 Å². The number of fused-ring (bicyclic) bond motifs is 1. The summed E-state index contributed by atoms with van der Waals surface area (Å²) in [7, 11) is 1.33. The SMILES string of the molecule is COC(=O)c1ccc2c(CCC(=O)O)c[nH]c2c1. The average Bonchev–Trinajstić information content (AvgIpc) is 2.77. The van der Waals surface area contributed by atoms with Crippen molar-refractivity contribution in [3.05, 3.63) is 35.5 Å². The van der Waals surface area contributed by atoms with E-state index in [1.165, 1.54) is 7.11 Å². The molecular formula is C13H13NO4. The van der Waals surface area contributed by atoms with Gasteiger partial charge in [0, 0.05) is 23.5 Å². The van der Waals surface area contributed by atoms with E-state index in [9.17, 15) is 9.59 Å². The van der Waals surface area contributed by atoms with Crippen LogP contribution in [0, 0.1) is 0 Å². The topological polar surface area (TPSA) is 79.4 Å². The molecule has 0 aliphatic rings. The van der Waals surface area contributed by atoms with Crippen molar-refractivity contribution >= 4 is 22.8 Å². The smallest absolute Gasteiger partial charge is 0.337 e. The number of aromatic amines is 1. The van der Waals surface area contributed by atoms with Crippen molar-refractivity contribution in [3.63, 3.8) is 0 Å². The molecule has 0 saturated heterocycles. The molecule has 0 saturated carbocycles. The molecule has 0 fully saturated rings. The van der Waals surface area contributed by atoms with Crippen molar-refractivity contribution in [1.29, 1.82) is 0 Å². The number of carboxylic acids is 1. The van der Waals surface area contributed by atoms with E-state index in [2.05, 4.69) is 9.72 Å². The maximum absolute atomic E-state index is 11.4. The van der Waals surface area contributed by atoms with E-state index in [1.807, 2.05) is 0 Å². The molecule has 0 bridgehead atoms. The number of rotatable bonds is 4. The van der Waals surface area contributed by atoms with Crippen LogP contribution in [-0.2, 0) is 16.0 Å². The average molecular weight is 247 g/mol. The van der Waals surface area contributed by atoms with Crippen LogP contribution in [0.25, 0.3) is 10.9 Å². The number of carbonyl (C=O) groups excluding carboxylic acids is 1. The van der Waals surface area contributed by atoms with Crippen molar-refractivity contribution in [1.82, 2.24) is 4.98 Å². The Balaban J connectivity index is 2.31. The highest BCUT2D eigenvalue weighted by molar-refractivity contribution is 5.95. The molecule has 0 aliphatic carbocycles. The number of benzene rings is 1. The normalized spacial score (nSPS) is 10.5. The largest absolute Gasteiger partial charge is 0.481 e. The van der Waals surface area contributed by atoms with Gasteiger partial charge >= 0.3 is 11.9 Å². The van der Waals surface area contributed by atoms with Crippen molar-refractivity contribution in [2.45, 2.75) is 12.8 Å². The fourth-order valence-corrected chi connectivity index (χ4v) is 1.88. The lowest BCUT2D eigenvalue weighted by atomic mass is 10.1. The Hall–Kier alpha value is -2.30. The van der Waals surface area contributed by atoms with E-state index in [-0.39, 0.29) is 6.42 Å². The van der Waals surface area contributed by atoms with Crippen LogP contribution in [-0.4, -0.2) is 29.1 Å². The number of hydrogen-bond donors (Lipinski definition) is 2. The first kappa shape index (κ1) is 12.2. The van der Waals surface area contributed by atoms with Gasteiger partial charge in [-0.25, -0.2) is 4.79 Å². The highest BCUT2D eigenvalue weighted by Gasteiger charge is 2.10. The van der Waals surface area contributed by atoms with Crippen molar-refractivity contribution in [2.24, 2.45) is 0 Å². The minimum absolute atomic E-state index is 0.0890. The number of carbonyl (C=O) groups is 2. The number of hydrogen-bond acceptors (Lipinski definition) is 3. The summed E-state index contributed by atoms with van der Waals surface area (Å²) < 4.78 is 4.64. The molecule has 0 spiro atoms. The standard InChI is InChI=1S/C13H13NO4/c1-18-13(17)8-2-4-10-9(3-5-12(15)16)7-14-11(10)6-8/h2,4,6-7,14H,3,5H2,1H3,(H,15,16). The van der Waals surface area contributed by atoms with Gasteiger partial charge in [0.25, 0.3) is 0 Å². The van der Waals surface area contributed by atoms with E-state index >= 15 is 0 Å². The number of esters is 1. The summed E-state index contributed by atoms with van der Waals surface area (Å²) in [5.74, 6) is -1.21. The molecule has 0 aliphatic heterocycles. The Bertz CT molecular complexity index is 600. The summed E-state index contributed by atoms with van der Waals surface area (Å²) in [6, 6.07) is 5.17. The van der Waals surface area contributed by atoms with Gasteiger partial charge in [0.2, 0.25) is 0 Å². The molecule has 0 amide bonds. The van der Waals surface area contributed by atoms with Crippen LogP contribution in [0.15, 0.2) is 24.4 Å². The van der Waals surface area contributed by atoms with Crippen LogP contribution in [0.1, 0.15) is 22.3 Å². The molecule has 94 valence electrons. The van der Waals surface area contributed by atoms with Crippen molar-refractivity contribution in [3.8, 4) is 0 Å². The first-order chi connectivity index (χ1) is 8.61. The summed E-state index contributed by atoms with van der Waals surface area (Å²) in [5, 5.41) is 9.60.